The highest BCUT2D eigenvalue weighted by Gasteiger charge is 2.14. The Morgan fingerprint density at radius 3 is 2.07 bits per heavy atom. The number of nitrogens with zero attached hydrogens (tertiary/aromatic N) is 2. The fourth-order valence-corrected chi connectivity index (χ4v) is 5.28. The molecule has 236 valence electrons. The molecule has 1 aromatic heterocycles. The minimum atomic E-state index is -0.302. The molecule has 0 aliphatic rings. The van der Waals surface area contributed by atoms with Crippen LogP contribution in [0.25, 0.3) is 10.9 Å². The molecule has 8 heteroatoms. The van der Waals surface area contributed by atoms with Crippen LogP contribution in [0, 0.1) is 0 Å². The fraction of sp³-hybridized carbons (Fsp3) is 0.237. The van der Waals surface area contributed by atoms with Crippen molar-refractivity contribution in [2.24, 2.45) is 0 Å². The summed E-state index contributed by atoms with van der Waals surface area (Å²) in [5.41, 5.74) is 5.14. The van der Waals surface area contributed by atoms with Crippen LogP contribution < -0.4 is 20.1 Å². The number of para-hydroxylation sites is 3. The lowest BCUT2D eigenvalue weighted by Gasteiger charge is -2.23. The molecule has 0 atom stereocenters. The van der Waals surface area contributed by atoms with Crippen LogP contribution >= 0.6 is 0 Å². The number of fused-ring (bicyclic) bond motifs is 1. The summed E-state index contributed by atoms with van der Waals surface area (Å²) in [4.78, 5) is 33.1. The van der Waals surface area contributed by atoms with Gasteiger partial charge in [0.15, 0.2) is 11.5 Å². The van der Waals surface area contributed by atoms with Gasteiger partial charge in [0.1, 0.15) is 0 Å². The number of amides is 2. The van der Waals surface area contributed by atoms with E-state index in [1.807, 2.05) is 72.8 Å². The van der Waals surface area contributed by atoms with Gasteiger partial charge in [0.25, 0.3) is 11.8 Å². The van der Waals surface area contributed by atoms with E-state index in [2.05, 4.69) is 33.5 Å². The van der Waals surface area contributed by atoms with Gasteiger partial charge >= 0.3 is 0 Å². The van der Waals surface area contributed by atoms with Crippen molar-refractivity contribution in [3.63, 3.8) is 0 Å². The fourth-order valence-electron chi connectivity index (χ4n) is 5.28. The number of carbonyl (C=O) groups excluding carboxylic acids is 2. The van der Waals surface area contributed by atoms with Gasteiger partial charge in [-0.3, -0.25) is 19.5 Å². The zero-order valence-electron chi connectivity index (χ0n) is 26.6. The molecule has 0 fully saturated rings. The molecule has 4 aromatic carbocycles. The lowest BCUT2D eigenvalue weighted by molar-refractivity contribution is 0.101. The monoisotopic (exact) mass is 616 g/mol. The molecule has 0 saturated carbocycles. The third-order valence-electron chi connectivity index (χ3n) is 7.89. The maximum absolute atomic E-state index is 13.2. The molecule has 0 unspecified atom stereocenters. The van der Waals surface area contributed by atoms with Gasteiger partial charge in [-0.1, -0.05) is 61.9 Å². The first-order chi connectivity index (χ1) is 22.5. The summed E-state index contributed by atoms with van der Waals surface area (Å²) >= 11 is 0. The van der Waals surface area contributed by atoms with E-state index in [0.717, 1.165) is 66.9 Å². The molecule has 0 aliphatic carbocycles. The van der Waals surface area contributed by atoms with Crippen molar-refractivity contribution in [2.75, 3.05) is 37.9 Å². The van der Waals surface area contributed by atoms with E-state index in [9.17, 15) is 9.59 Å². The van der Waals surface area contributed by atoms with Crippen LogP contribution in [0.15, 0.2) is 103 Å². The van der Waals surface area contributed by atoms with E-state index >= 15 is 0 Å². The third-order valence-corrected chi connectivity index (χ3v) is 7.89. The maximum Gasteiger partial charge on any atom is 0.257 e. The highest BCUT2D eigenvalue weighted by atomic mass is 16.5. The predicted molar refractivity (Wildman–Crippen MR) is 184 cm³/mol. The Bertz CT molecular complexity index is 1790. The second-order valence-electron chi connectivity index (χ2n) is 11.1. The summed E-state index contributed by atoms with van der Waals surface area (Å²) in [6, 6.07) is 30.4. The first kappa shape index (κ1) is 32.2. The highest BCUT2D eigenvalue weighted by molar-refractivity contribution is 6.10. The smallest absolute Gasteiger partial charge is 0.257 e. The van der Waals surface area contributed by atoms with Gasteiger partial charge in [0, 0.05) is 30.2 Å². The summed E-state index contributed by atoms with van der Waals surface area (Å²) in [5, 5.41) is 6.75. The molecule has 0 spiro atoms. The van der Waals surface area contributed by atoms with Gasteiger partial charge in [0.2, 0.25) is 0 Å². The zero-order valence-corrected chi connectivity index (χ0v) is 26.6. The number of ether oxygens (including phenoxy) is 2. The second kappa shape index (κ2) is 15.7. The van der Waals surface area contributed by atoms with Crippen LogP contribution in [0.1, 0.15) is 51.6 Å². The minimum Gasteiger partial charge on any atom is -0.493 e. The van der Waals surface area contributed by atoms with E-state index < -0.39 is 0 Å². The van der Waals surface area contributed by atoms with Crippen molar-refractivity contribution in [1.29, 1.82) is 0 Å². The van der Waals surface area contributed by atoms with Gasteiger partial charge < -0.3 is 20.1 Å². The Hall–Kier alpha value is -5.21. The molecule has 5 aromatic rings. The number of nitrogens with one attached hydrogen (secondary N) is 2. The molecular weight excluding hydrogens is 576 g/mol. The second-order valence-corrected chi connectivity index (χ2v) is 11.1. The van der Waals surface area contributed by atoms with Crippen molar-refractivity contribution < 1.29 is 19.1 Å². The predicted octanol–water partition coefficient (Wildman–Crippen LogP) is 7.60. The zero-order chi connectivity index (χ0) is 32.3. The lowest BCUT2D eigenvalue weighted by atomic mass is 10.1. The molecule has 8 nitrogen and oxygen atoms in total. The number of benzene rings is 4. The molecule has 0 saturated heterocycles. The summed E-state index contributed by atoms with van der Waals surface area (Å²) in [6.45, 7) is 4.90. The van der Waals surface area contributed by atoms with Crippen LogP contribution in [0.5, 0.6) is 11.5 Å². The van der Waals surface area contributed by atoms with E-state index in [0.29, 0.717) is 22.5 Å². The number of anilines is 2. The van der Waals surface area contributed by atoms with Gasteiger partial charge in [-0.15, -0.1) is 0 Å². The Balaban J connectivity index is 1.20. The maximum atomic E-state index is 13.2. The Morgan fingerprint density at radius 1 is 0.717 bits per heavy atom. The molecule has 0 bridgehead atoms. The first-order valence-electron chi connectivity index (χ1n) is 15.6. The number of rotatable bonds is 14. The molecule has 1 heterocycles. The average molecular weight is 617 g/mol. The molecule has 0 aliphatic heterocycles. The Kier molecular flexibility index (Phi) is 11.0. The van der Waals surface area contributed by atoms with Crippen molar-refractivity contribution in [1.82, 2.24) is 9.88 Å². The van der Waals surface area contributed by atoms with Gasteiger partial charge in [-0.25, -0.2) is 0 Å². The van der Waals surface area contributed by atoms with E-state index in [1.165, 1.54) is 5.56 Å². The van der Waals surface area contributed by atoms with Crippen LogP contribution in [0.3, 0.4) is 0 Å². The van der Waals surface area contributed by atoms with E-state index in [4.69, 9.17) is 9.47 Å². The molecule has 2 N–H and O–H groups in total. The van der Waals surface area contributed by atoms with Gasteiger partial charge in [-0.2, -0.15) is 0 Å². The molecule has 0 radical (unpaired) electrons. The topological polar surface area (TPSA) is 92.8 Å². The Labute approximate surface area is 270 Å². The summed E-state index contributed by atoms with van der Waals surface area (Å²) < 4.78 is 10.9. The van der Waals surface area contributed by atoms with E-state index in [-0.39, 0.29) is 11.8 Å². The highest BCUT2D eigenvalue weighted by Crippen LogP contribution is 2.28. The van der Waals surface area contributed by atoms with E-state index in [1.54, 1.807) is 38.6 Å². The largest absolute Gasteiger partial charge is 0.493 e. The minimum absolute atomic E-state index is 0.251. The van der Waals surface area contributed by atoms with Crippen molar-refractivity contribution in [2.45, 2.75) is 32.7 Å². The van der Waals surface area contributed by atoms with Crippen LogP contribution in [-0.2, 0) is 13.0 Å². The normalized spacial score (nSPS) is 11.0. The number of hydrogen-bond acceptors (Lipinski definition) is 6. The SMILES string of the molecule is CCCCN(CCc1ccc(C(=O)Nc2ccccc2NC(=O)c2cnc3ccccc3c2)cc1)Cc1ccc(OC)c(OC)c1. The van der Waals surface area contributed by atoms with Gasteiger partial charge in [0.05, 0.1) is 36.7 Å². The molecular formula is C38H40N4O4. The van der Waals surface area contributed by atoms with Crippen molar-refractivity contribution in [3.8, 4) is 11.5 Å². The standard InChI is InChI=1S/C38H40N4O4/c1-4-5-21-42(26-28-16-19-35(45-2)36(23-28)46-3)22-20-27-14-17-29(18-15-27)37(43)40-33-12-8-9-13-34(33)41-38(44)31-24-30-10-6-7-11-32(30)39-25-31/h6-19,23-25H,4-5,20-22,26H2,1-3H3,(H,40,43)(H,41,44). The van der Waals surface area contributed by atoms with Crippen LogP contribution in [0.2, 0.25) is 0 Å². The number of pyridine rings is 1. The molecule has 46 heavy (non-hydrogen) atoms. The summed E-state index contributed by atoms with van der Waals surface area (Å²) in [7, 11) is 3.30. The third kappa shape index (κ3) is 8.28. The summed E-state index contributed by atoms with van der Waals surface area (Å²) in [5.74, 6) is 0.904. The van der Waals surface area contributed by atoms with Crippen LogP contribution in [0.4, 0.5) is 11.4 Å². The first-order valence-corrected chi connectivity index (χ1v) is 15.6. The lowest BCUT2D eigenvalue weighted by Crippen LogP contribution is -2.27. The number of aromatic nitrogens is 1. The van der Waals surface area contributed by atoms with Crippen molar-refractivity contribution in [3.05, 3.63) is 126 Å². The number of unbranched alkanes of at least 4 members (excludes halogenated alkanes) is 1. The number of methoxy groups -OCH3 is 2. The molecule has 5 rings (SSSR count). The number of hydrogen-bond donors (Lipinski definition) is 2. The Morgan fingerprint density at radius 2 is 1.37 bits per heavy atom. The van der Waals surface area contributed by atoms with Gasteiger partial charge in [-0.05, 0) is 79.0 Å². The average Bonchev–Trinajstić information content (AvgIpc) is 3.10. The number of carbonyl (C=O) groups is 2. The van der Waals surface area contributed by atoms with Crippen molar-refractivity contribution >= 4 is 34.1 Å². The quantitative estimate of drug-likeness (QED) is 0.134. The molecule has 2 amide bonds. The summed E-state index contributed by atoms with van der Waals surface area (Å²) in [6.07, 6.45) is 4.66. The van der Waals surface area contributed by atoms with Crippen LogP contribution in [-0.4, -0.2) is 49.0 Å².